The third-order valence-electron chi connectivity index (χ3n) is 4.43. The molecule has 0 saturated heterocycles. The second kappa shape index (κ2) is 1.60. The van der Waals surface area contributed by atoms with Gasteiger partial charge in [-0.25, -0.2) is 0 Å². The summed E-state index contributed by atoms with van der Waals surface area (Å²) in [7, 11) is 0. The largest absolute Gasteiger partial charge is 0.0651 e. The first-order valence-corrected chi connectivity index (χ1v) is 4.92. The van der Waals surface area contributed by atoms with Crippen LogP contribution in [0.3, 0.4) is 0 Å². The number of fused-ring (bicyclic) bond motifs is 1. The second-order valence-corrected chi connectivity index (χ2v) is 4.55. The van der Waals surface area contributed by atoms with Crippen LogP contribution < -0.4 is 0 Å². The van der Waals surface area contributed by atoms with Crippen LogP contribution in [0.15, 0.2) is 0 Å². The van der Waals surface area contributed by atoms with E-state index >= 15 is 0 Å². The van der Waals surface area contributed by atoms with Gasteiger partial charge in [0.1, 0.15) is 0 Å². The second-order valence-electron chi connectivity index (χ2n) is 4.55. The van der Waals surface area contributed by atoms with Crippen molar-refractivity contribution >= 4 is 0 Å². The molecule has 0 aromatic rings. The predicted molar refractivity (Wildman–Crippen MR) is 41.6 cm³/mol. The van der Waals surface area contributed by atoms with Gasteiger partial charge in [-0.05, 0) is 48.9 Å². The molecular weight excluding hydrogens is 120 g/mol. The third-order valence-corrected chi connectivity index (χ3v) is 4.43. The monoisotopic (exact) mass is 136 g/mol. The first-order chi connectivity index (χ1) is 4.92. The lowest BCUT2D eigenvalue weighted by Crippen LogP contribution is -2.07. The zero-order valence-electron chi connectivity index (χ0n) is 6.72. The molecule has 0 bridgehead atoms. The Hall–Kier alpha value is 0. The maximum absolute atomic E-state index is 2.38. The smallest absolute Gasteiger partial charge is 0.0321 e. The molecule has 3 fully saturated rings. The molecule has 0 heteroatoms. The van der Waals surface area contributed by atoms with E-state index in [9.17, 15) is 0 Å². The lowest BCUT2D eigenvalue weighted by molar-refractivity contribution is 0.347. The number of hydrogen-bond donors (Lipinski definition) is 0. The normalized spacial score (nSPS) is 62.7. The van der Waals surface area contributed by atoms with Crippen LogP contribution in [-0.2, 0) is 0 Å². The molecule has 3 aliphatic rings. The molecule has 5 atom stereocenters. The Morgan fingerprint density at radius 2 is 1.90 bits per heavy atom. The van der Waals surface area contributed by atoms with Crippen LogP contribution in [0, 0.1) is 29.6 Å². The van der Waals surface area contributed by atoms with Crippen LogP contribution in [0.4, 0.5) is 0 Å². The molecule has 0 aromatic carbocycles. The van der Waals surface area contributed by atoms with Crippen LogP contribution >= 0.6 is 0 Å². The zero-order valence-corrected chi connectivity index (χ0v) is 6.72. The van der Waals surface area contributed by atoms with E-state index in [1.54, 1.807) is 19.3 Å². The van der Waals surface area contributed by atoms with E-state index in [2.05, 4.69) is 6.92 Å². The van der Waals surface area contributed by atoms with Crippen LogP contribution in [0.25, 0.3) is 0 Å². The minimum Gasteiger partial charge on any atom is -0.0651 e. The minimum atomic E-state index is 1.15. The predicted octanol–water partition coefficient (Wildman–Crippen LogP) is 2.69. The molecule has 0 N–H and O–H groups in total. The Balaban J connectivity index is 1.85. The summed E-state index contributed by atoms with van der Waals surface area (Å²) in [6.07, 6.45) is 6.25. The van der Waals surface area contributed by atoms with E-state index in [1.807, 2.05) is 0 Å². The Morgan fingerprint density at radius 1 is 1.10 bits per heavy atom. The van der Waals surface area contributed by atoms with Crippen molar-refractivity contribution in [3.63, 3.8) is 0 Å². The van der Waals surface area contributed by atoms with Crippen molar-refractivity contribution in [2.45, 2.75) is 32.6 Å². The zero-order chi connectivity index (χ0) is 6.72. The summed E-state index contributed by atoms with van der Waals surface area (Å²) < 4.78 is 0. The van der Waals surface area contributed by atoms with E-state index in [-0.39, 0.29) is 0 Å². The molecule has 0 heterocycles. The molecule has 56 valence electrons. The first-order valence-electron chi connectivity index (χ1n) is 4.92. The molecule has 0 aliphatic heterocycles. The summed E-state index contributed by atoms with van der Waals surface area (Å²) in [5.74, 6) is 6.04. The standard InChI is InChI=1S/C10H16/c1-2-6-5-9-8-4-3-7(6)10(8)9/h6-10H,2-5H2,1H3. The lowest BCUT2D eigenvalue weighted by atomic mass is 9.90. The van der Waals surface area contributed by atoms with E-state index in [1.165, 1.54) is 30.1 Å². The van der Waals surface area contributed by atoms with Crippen LogP contribution in [0.1, 0.15) is 32.6 Å². The van der Waals surface area contributed by atoms with Gasteiger partial charge in [0.15, 0.2) is 0 Å². The van der Waals surface area contributed by atoms with Gasteiger partial charge in [-0.2, -0.15) is 0 Å². The van der Waals surface area contributed by atoms with Crippen molar-refractivity contribution in [1.29, 1.82) is 0 Å². The van der Waals surface area contributed by atoms with Gasteiger partial charge in [-0.3, -0.25) is 0 Å². The van der Waals surface area contributed by atoms with Crippen molar-refractivity contribution in [1.82, 2.24) is 0 Å². The van der Waals surface area contributed by atoms with Gasteiger partial charge in [-0.1, -0.05) is 13.3 Å². The summed E-state index contributed by atoms with van der Waals surface area (Å²) in [5, 5.41) is 0. The van der Waals surface area contributed by atoms with Gasteiger partial charge in [0.25, 0.3) is 0 Å². The molecule has 3 saturated carbocycles. The molecule has 0 nitrogen and oxygen atoms in total. The molecule has 3 aliphatic carbocycles. The average molecular weight is 136 g/mol. The summed E-state index contributed by atoms with van der Waals surface area (Å²) in [4.78, 5) is 0. The SMILES string of the molecule is CCC1CC2C3CCC1C32. The Morgan fingerprint density at radius 3 is 2.60 bits per heavy atom. The molecule has 0 spiro atoms. The number of hydrogen-bond acceptors (Lipinski definition) is 0. The summed E-state index contributed by atoms with van der Waals surface area (Å²) in [5.41, 5.74) is 0. The van der Waals surface area contributed by atoms with Crippen molar-refractivity contribution in [3.8, 4) is 0 Å². The number of rotatable bonds is 1. The van der Waals surface area contributed by atoms with Gasteiger partial charge in [0, 0.05) is 0 Å². The summed E-state index contributed by atoms with van der Waals surface area (Å²) in [6.45, 7) is 2.38. The topological polar surface area (TPSA) is 0 Å². The fraction of sp³-hybridized carbons (Fsp3) is 1.00. The van der Waals surface area contributed by atoms with E-state index in [0.29, 0.717) is 0 Å². The van der Waals surface area contributed by atoms with E-state index in [0.717, 1.165) is 5.92 Å². The van der Waals surface area contributed by atoms with Crippen molar-refractivity contribution in [3.05, 3.63) is 0 Å². The van der Waals surface area contributed by atoms with Crippen molar-refractivity contribution in [2.75, 3.05) is 0 Å². The van der Waals surface area contributed by atoms with Crippen molar-refractivity contribution in [2.24, 2.45) is 29.6 Å². The highest BCUT2D eigenvalue weighted by molar-refractivity contribution is 5.12. The van der Waals surface area contributed by atoms with Gasteiger partial charge >= 0.3 is 0 Å². The molecule has 3 rings (SSSR count). The van der Waals surface area contributed by atoms with Crippen molar-refractivity contribution < 1.29 is 0 Å². The van der Waals surface area contributed by atoms with E-state index < -0.39 is 0 Å². The third kappa shape index (κ3) is 0.466. The highest BCUT2D eigenvalue weighted by Crippen LogP contribution is 2.70. The van der Waals surface area contributed by atoms with Gasteiger partial charge in [0.05, 0.1) is 0 Å². The first kappa shape index (κ1) is 5.62. The van der Waals surface area contributed by atoms with Crippen LogP contribution in [-0.4, -0.2) is 0 Å². The Kier molecular flexibility index (Phi) is 0.898. The quantitative estimate of drug-likeness (QED) is 0.520. The molecular formula is C10H16. The van der Waals surface area contributed by atoms with Crippen LogP contribution in [0.2, 0.25) is 0 Å². The summed E-state index contributed by atoms with van der Waals surface area (Å²) in [6, 6.07) is 0. The van der Waals surface area contributed by atoms with Gasteiger partial charge in [-0.15, -0.1) is 0 Å². The lowest BCUT2D eigenvalue weighted by Gasteiger charge is -2.15. The van der Waals surface area contributed by atoms with Crippen LogP contribution in [0.5, 0.6) is 0 Å². The fourth-order valence-corrected chi connectivity index (χ4v) is 3.97. The molecule has 5 unspecified atom stereocenters. The fourth-order valence-electron chi connectivity index (χ4n) is 3.97. The Labute approximate surface area is 63.0 Å². The Bertz CT molecular complexity index is 161. The maximum atomic E-state index is 2.38. The molecule has 0 amide bonds. The summed E-state index contributed by atoms with van der Waals surface area (Å²) >= 11 is 0. The highest BCUT2D eigenvalue weighted by atomic mass is 14.7. The highest BCUT2D eigenvalue weighted by Gasteiger charge is 2.63. The average Bonchev–Trinajstić information content (AvgIpc) is 2.38. The van der Waals surface area contributed by atoms with Gasteiger partial charge < -0.3 is 0 Å². The molecule has 0 radical (unpaired) electrons. The molecule has 10 heavy (non-hydrogen) atoms. The maximum Gasteiger partial charge on any atom is -0.0321 e. The van der Waals surface area contributed by atoms with Gasteiger partial charge in [0.2, 0.25) is 0 Å². The minimum absolute atomic E-state index is 1.15. The molecule has 0 aromatic heterocycles. The van der Waals surface area contributed by atoms with E-state index in [4.69, 9.17) is 0 Å².